The Bertz CT molecular complexity index is 563. The fourth-order valence-electron chi connectivity index (χ4n) is 2.87. The third kappa shape index (κ3) is 4.61. The van der Waals surface area contributed by atoms with Crippen molar-refractivity contribution in [3.63, 3.8) is 0 Å². The van der Waals surface area contributed by atoms with E-state index in [0.717, 1.165) is 19.3 Å². The SMILES string of the molecule is CCCCCCN1CC(=O)Nc2ccc(Cl)cc2C1C(F)(F)F. The summed E-state index contributed by atoms with van der Waals surface area (Å²) >= 11 is 5.88. The molecular weight excluding hydrogens is 329 g/mol. The van der Waals surface area contributed by atoms with Gasteiger partial charge in [-0.2, -0.15) is 13.2 Å². The Balaban J connectivity index is 2.34. The van der Waals surface area contributed by atoms with E-state index in [0.29, 0.717) is 6.42 Å². The number of alkyl halides is 3. The van der Waals surface area contributed by atoms with Crippen molar-refractivity contribution in [1.29, 1.82) is 0 Å². The maximum absolute atomic E-state index is 13.7. The number of carbonyl (C=O) groups is 1. The molecule has 1 aromatic rings. The molecule has 1 heterocycles. The van der Waals surface area contributed by atoms with Crippen LogP contribution in [0.1, 0.15) is 44.2 Å². The van der Waals surface area contributed by atoms with Gasteiger partial charge in [-0.15, -0.1) is 0 Å². The fourth-order valence-corrected chi connectivity index (χ4v) is 3.05. The Morgan fingerprint density at radius 2 is 2.04 bits per heavy atom. The van der Waals surface area contributed by atoms with Crippen LogP contribution in [-0.4, -0.2) is 30.1 Å². The lowest BCUT2D eigenvalue weighted by molar-refractivity contribution is -0.186. The van der Waals surface area contributed by atoms with Crippen molar-refractivity contribution >= 4 is 23.2 Å². The van der Waals surface area contributed by atoms with Crippen LogP contribution in [0, 0.1) is 0 Å². The number of fused-ring (bicyclic) bond motifs is 1. The first-order valence-electron chi connectivity index (χ1n) is 7.73. The van der Waals surface area contributed by atoms with E-state index in [1.165, 1.54) is 23.1 Å². The standard InChI is InChI=1S/C16H20ClF3N2O/c1-2-3-4-5-8-22-10-14(23)21-13-7-6-11(17)9-12(13)15(22)16(18,19)20/h6-7,9,15H,2-5,8,10H2,1H3,(H,21,23). The van der Waals surface area contributed by atoms with Crippen molar-refractivity contribution < 1.29 is 18.0 Å². The summed E-state index contributed by atoms with van der Waals surface area (Å²) in [5.41, 5.74) is 0.184. The smallest absolute Gasteiger partial charge is 0.325 e. The minimum absolute atomic E-state index is 0.00587. The molecule has 1 unspecified atom stereocenters. The third-order valence-corrected chi connectivity index (χ3v) is 4.14. The number of amides is 1. The number of nitrogens with one attached hydrogen (secondary N) is 1. The Kier molecular flexibility index (Phi) is 5.92. The summed E-state index contributed by atoms with van der Waals surface area (Å²) < 4.78 is 41.0. The number of rotatable bonds is 5. The van der Waals surface area contributed by atoms with Crippen molar-refractivity contribution in [1.82, 2.24) is 4.90 Å². The number of unbranched alkanes of at least 4 members (excludes halogenated alkanes) is 3. The molecular formula is C16H20ClF3N2O. The van der Waals surface area contributed by atoms with Gasteiger partial charge in [0.25, 0.3) is 0 Å². The van der Waals surface area contributed by atoms with Gasteiger partial charge in [-0.3, -0.25) is 9.69 Å². The van der Waals surface area contributed by atoms with Crippen LogP contribution in [0.4, 0.5) is 18.9 Å². The molecule has 23 heavy (non-hydrogen) atoms. The number of hydrogen-bond donors (Lipinski definition) is 1. The summed E-state index contributed by atoms with van der Waals surface area (Å²) in [6.07, 6.45) is -1.03. The van der Waals surface area contributed by atoms with Crippen molar-refractivity contribution in [3.05, 3.63) is 28.8 Å². The molecule has 1 amide bonds. The van der Waals surface area contributed by atoms with E-state index in [1.807, 2.05) is 6.92 Å². The molecule has 0 saturated heterocycles. The molecule has 1 N–H and O–H groups in total. The minimum Gasteiger partial charge on any atom is -0.325 e. The second kappa shape index (κ2) is 7.53. The van der Waals surface area contributed by atoms with Crippen LogP contribution in [-0.2, 0) is 4.79 Å². The van der Waals surface area contributed by atoms with Gasteiger partial charge >= 0.3 is 6.18 Å². The van der Waals surface area contributed by atoms with Crippen molar-refractivity contribution in [3.8, 4) is 0 Å². The molecule has 0 bridgehead atoms. The predicted octanol–water partition coefficient (Wildman–Crippen LogP) is 4.78. The Labute approximate surface area is 138 Å². The Morgan fingerprint density at radius 1 is 1.30 bits per heavy atom. The van der Waals surface area contributed by atoms with E-state index < -0.39 is 18.1 Å². The van der Waals surface area contributed by atoms with E-state index >= 15 is 0 Å². The zero-order chi connectivity index (χ0) is 17.0. The molecule has 7 heteroatoms. The topological polar surface area (TPSA) is 32.3 Å². The maximum Gasteiger partial charge on any atom is 0.408 e. The quantitative estimate of drug-likeness (QED) is 0.777. The van der Waals surface area contributed by atoms with Gasteiger partial charge in [0.15, 0.2) is 0 Å². The molecule has 0 saturated carbocycles. The first-order chi connectivity index (χ1) is 10.8. The summed E-state index contributed by atoms with van der Waals surface area (Å²) in [6, 6.07) is 2.37. The number of halogens is 4. The zero-order valence-corrected chi connectivity index (χ0v) is 13.7. The van der Waals surface area contributed by atoms with E-state index in [-0.39, 0.29) is 29.4 Å². The summed E-state index contributed by atoms with van der Waals surface area (Å²) in [7, 11) is 0. The summed E-state index contributed by atoms with van der Waals surface area (Å²) in [5, 5.41) is 2.77. The molecule has 3 nitrogen and oxygen atoms in total. The van der Waals surface area contributed by atoms with Gasteiger partial charge < -0.3 is 5.32 Å². The van der Waals surface area contributed by atoms with Crippen LogP contribution < -0.4 is 5.32 Å². The van der Waals surface area contributed by atoms with E-state index in [4.69, 9.17) is 11.6 Å². The van der Waals surface area contributed by atoms with Gasteiger partial charge in [-0.1, -0.05) is 37.8 Å². The van der Waals surface area contributed by atoms with Gasteiger partial charge in [0, 0.05) is 16.3 Å². The molecule has 0 fully saturated rings. The maximum atomic E-state index is 13.7. The monoisotopic (exact) mass is 348 g/mol. The Morgan fingerprint density at radius 3 is 2.70 bits per heavy atom. The number of hydrogen-bond acceptors (Lipinski definition) is 2. The van der Waals surface area contributed by atoms with Crippen LogP contribution in [0.25, 0.3) is 0 Å². The fraction of sp³-hybridized carbons (Fsp3) is 0.562. The van der Waals surface area contributed by atoms with Gasteiger partial charge in [-0.05, 0) is 31.2 Å². The first-order valence-corrected chi connectivity index (χ1v) is 8.10. The van der Waals surface area contributed by atoms with Gasteiger partial charge in [0.1, 0.15) is 6.04 Å². The molecule has 0 radical (unpaired) electrons. The van der Waals surface area contributed by atoms with Crippen LogP contribution in [0.3, 0.4) is 0 Å². The van der Waals surface area contributed by atoms with Crippen LogP contribution in [0.5, 0.6) is 0 Å². The predicted molar refractivity (Wildman–Crippen MR) is 84.6 cm³/mol. The number of nitrogens with zero attached hydrogens (tertiary/aromatic N) is 1. The van der Waals surface area contributed by atoms with E-state index in [9.17, 15) is 18.0 Å². The van der Waals surface area contributed by atoms with Crippen molar-refractivity contribution in [2.24, 2.45) is 0 Å². The highest BCUT2D eigenvalue weighted by atomic mass is 35.5. The number of anilines is 1. The number of benzene rings is 1. The highest BCUT2D eigenvalue weighted by Gasteiger charge is 2.47. The lowest BCUT2D eigenvalue weighted by Crippen LogP contribution is -2.41. The van der Waals surface area contributed by atoms with Gasteiger partial charge in [0.05, 0.1) is 6.54 Å². The highest BCUT2D eigenvalue weighted by molar-refractivity contribution is 6.30. The van der Waals surface area contributed by atoms with Crippen molar-refractivity contribution in [2.45, 2.75) is 44.8 Å². The Hall–Kier alpha value is -1.27. The normalized spacial score (nSPS) is 19.2. The molecule has 0 aliphatic carbocycles. The molecule has 1 aliphatic rings. The van der Waals surface area contributed by atoms with Gasteiger partial charge in [0.2, 0.25) is 5.91 Å². The summed E-state index contributed by atoms with van der Waals surface area (Å²) in [4.78, 5) is 13.2. The van der Waals surface area contributed by atoms with Gasteiger partial charge in [-0.25, -0.2) is 0 Å². The largest absolute Gasteiger partial charge is 0.408 e. The second-order valence-corrected chi connectivity index (χ2v) is 6.19. The van der Waals surface area contributed by atoms with Crippen molar-refractivity contribution in [2.75, 3.05) is 18.4 Å². The molecule has 2 rings (SSSR count). The third-order valence-electron chi connectivity index (χ3n) is 3.90. The molecule has 0 aromatic heterocycles. The van der Waals surface area contributed by atoms with Crippen LogP contribution in [0.15, 0.2) is 18.2 Å². The lowest BCUT2D eigenvalue weighted by Gasteiger charge is -2.31. The van der Waals surface area contributed by atoms with Crippen LogP contribution >= 0.6 is 11.6 Å². The van der Waals surface area contributed by atoms with Crippen LogP contribution in [0.2, 0.25) is 5.02 Å². The minimum atomic E-state index is -4.48. The molecule has 1 atom stereocenters. The molecule has 1 aromatic carbocycles. The van der Waals surface area contributed by atoms with E-state index in [2.05, 4.69) is 5.32 Å². The summed E-state index contributed by atoms with van der Waals surface area (Å²) in [6.45, 7) is 1.99. The highest BCUT2D eigenvalue weighted by Crippen LogP contribution is 2.43. The van der Waals surface area contributed by atoms with E-state index in [1.54, 1.807) is 0 Å². The molecule has 128 valence electrons. The second-order valence-electron chi connectivity index (χ2n) is 5.76. The average Bonchev–Trinajstić information content (AvgIpc) is 2.58. The number of carbonyl (C=O) groups excluding carboxylic acids is 1. The zero-order valence-electron chi connectivity index (χ0n) is 12.9. The molecule has 0 spiro atoms. The average molecular weight is 349 g/mol. The lowest BCUT2D eigenvalue weighted by atomic mass is 10.0. The molecule has 1 aliphatic heterocycles. The summed E-state index contributed by atoms with van der Waals surface area (Å²) in [5.74, 6) is -0.434. The first kappa shape index (κ1) is 18.1.